The summed E-state index contributed by atoms with van der Waals surface area (Å²) in [5.74, 6) is 0.509. The summed E-state index contributed by atoms with van der Waals surface area (Å²) in [6, 6.07) is 0. The van der Waals surface area contributed by atoms with Crippen LogP contribution in [-0.2, 0) is 9.59 Å². The molecule has 0 aromatic carbocycles. The van der Waals surface area contributed by atoms with Crippen molar-refractivity contribution in [2.24, 2.45) is 5.92 Å². The quantitative estimate of drug-likeness (QED) is 0.698. The predicted molar refractivity (Wildman–Crippen MR) is 60.8 cm³/mol. The largest absolute Gasteiger partial charge is 0.342 e. The third-order valence-electron chi connectivity index (χ3n) is 3.61. The van der Waals surface area contributed by atoms with Gasteiger partial charge in [0.2, 0.25) is 11.8 Å². The van der Waals surface area contributed by atoms with Gasteiger partial charge < -0.3 is 9.80 Å². The molecule has 16 heavy (non-hydrogen) atoms. The first-order valence-corrected chi connectivity index (χ1v) is 6.29. The van der Waals surface area contributed by atoms with Gasteiger partial charge in [0.15, 0.2) is 0 Å². The first-order valence-electron chi connectivity index (χ1n) is 6.29. The van der Waals surface area contributed by atoms with Gasteiger partial charge in [0.25, 0.3) is 0 Å². The van der Waals surface area contributed by atoms with Crippen LogP contribution in [-0.4, -0.2) is 47.8 Å². The Hall–Kier alpha value is -1.06. The van der Waals surface area contributed by atoms with Crippen molar-refractivity contribution in [3.8, 4) is 0 Å². The van der Waals surface area contributed by atoms with Gasteiger partial charge in [-0.1, -0.05) is 6.92 Å². The molecule has 1 unspecified atom stereocenters. The fourth-order valence-corrected chi connectivity index (χ4v) is 2.61. The van der Waals surface area contributed by atoms with E-state index in [-0.39, 0.29) is 17.7 Å². The van der Waals surface area contributed by atoms with Crippen LogP contribution in [0.5, 0.6) is 0 Å². The van der Waals surface area contributed by atoms with E-state index in [1.54, 1.807) is 0 Å². The van der Waals surface area contributed by atoms with Gasteiger partial charge >= 0.3 is 0 Å². The summed E-state index contributed by atoms with van der Waals surface area (Å²) in [5.41, 5.74) is 0. The lowest BCUT2D eigenvalue weighted by molar-refractivity contribution is -0.134. The van der Waals surface area contributed by atoms with Crippen molar-refractivity contribution in [1.29, 1.82) is 0 Å². The average molecular weight is 224 g/mol. The van der Waals surface area contributed by atoms with Crippen LogP contribution < -0.4 is 0 Å². The number of rotatable bonds is 2. The fraction of sp³-hybridized carbons (Fsp3) is 0.833. The van der Waals surface area contributed by atoms with Crippen LogP contribution in [0.25, 0.3) is 0 Å². The van der Waals surface area contributed by atoms with Crippen LogP contribution in [0.4, 0.5) is 0 Å². The topological polar surface area (TPSA) is 40.6 Å². The molecular formula is C12H20N2O2. The number of hydrogen-bond donors (Lipinski definition) is 0. The summed E-state index contributed by atoms with van der Waals surface area (Å²) in [6.45, 7) is 5.10. The van der Waals surface area contributed by atoms with E-state index < -0.39 is 0 Å². The minimum atomic E-state index is 0.0635. The molecule has 90 valence electrons. The van der Waals surface area contributed by atoms with E-state index in [4.69, 9.17) is 0 Å². The van der Waals surface area contributed by atoms with Crippen molar-refractivity contribution < 1.29 is 9.59 Å². The summed E-state index contributed by atoms with van der Waals surface area (Å²) >= 11 is 0. The second-order valence-corrected chi connectivity index (χ2v) is 4.71. The molecule has 0 bridgehead atoms. The molecule has 2 saturated heterocycles. The first kappa shape index (κ1) is 11.4. The molecule has 0 N–H and O–H groups in total. The van der Waals surface area contributed by atoms with Crippen LogP contribution in [0.3, 0.4) is 0 Å². The Morgan fingerprint density at radius 2 is 1.81 bits per heavy atom. The molecule has 0 saturated carbocycles. The lowest BCUT2D eigenvalue weighted by atomic mass is 10.1. The van der Waals surface area contributed by atoms with Gasteiger partial charge in [0, 0.05) is 32.6 Å². The Morgan fingerprint density at radius 1 is 1.12 bits per heavy atom. The highest BCUT2D eigenvalue weighted by Gasteiger charge is 2.33. The third kappa shape index (κ3) is 2.20. The van der Waals surface area contributed by atoms with Crippen molar-refractivity contribution in [3.63, 3.8) is 0 Å². The van der Waals surface area contributed by atoms with E-state index in [9.17, 15) is 9.59 Å². The smallest absolute Gasteiger partial charge is 0.227 e. The van der Waals surface area contributed by atoms with E-state index in [0.29, 0.717) is 13.0 Å². The molecule has 2 rings (SSSR count). The molecule has 2 fully saturated rings. The van der Waals surface area contributed by atoms with Gasteiger partial charge in [-0.05, 0) is 19.3 Å². The normalized spacial score (nSPS) is 25.2. The van der Waals surface area contributed by atoms with Gasteiger partial charge in [-0.3, -0.25) is 9.59 Å². The number of amides is 2. The van der Waals surface area contributed by atoms with Gasteiger partial charge in [-0.25, -0.2) is 0 Å². The molecule has 0 radical (unpaired) electrons. The number of hydrogen-bond acceptors (Lipinski definition) is 2. The Morgan fingerprint density at radius 3 is 2.44 bits per heavy atom. The maximum atomic E-state index is 12.1. The van der Waals surface area contributed by atoms with Crippen molar-refractivity contribution in [1.82, 2.24) is 9.80 Å². The molecule has 1 atom stereocenters. The molecule has 4 nitrogen and oxygen atoms in total. The molecular weight excluding hydrogens is 204 g/mol. The second kappa shape index (κ2) is 4.85. The minimum Gasteiger partial charge on any atom is -0.342 e. The van der Waals surface area contributed by atoms with Crippen molar-refractivity contribution in [2.75, 3.05) is 26.2 Å². The number of nitrogens with zero attached hydrogens (tertiary/aromatic N) is 2. The Bertz CT molecular complexity index is 285. The molecule has 0 aliphatic carbocycles. The highest BCUT2D eigenvalue weighted by atomic mass is 16.2. The van der Waals surface area contributed by atoms with Gasteiger partial charge in [-0.15, -0.1) is 0 Å². The van der Waals surface area contributed by atoms with Crippen LogP contribution >= 0.6 is 0 Å². The zero-order valence-corrected chi connectivity index (χ0v) is 9.95. The second-order valence-electron chi connectivity index (χ2n) is 4.71. The molecule has 2 amide bonds. The maximum Gasteiger partial charge on any atom is 0.227 e. The van der Waals surface area contributed by atoms with E-state index in [2.05, 4.69) is 0 Å². The first-order chi connectivity index (χ1) is 7.72. The van der Waals surface area contributed by atoms with Gasteiger partial charge in [0.1, 0.15) is 0 Å². The van der Waals surface area contributed by atoms with E-state index in [1.165, 1.54) is 0 Å². The molecule has 4 heteroatoms. The van der Waals surface area contributed by atoms with Gasteiger partial charge in [-0.2, -0.15) is 0 Å². The van der Waals surface area contributed by atoms with Crippen molar-refractivity contribution in [2.45, 2.75) is 32.6 Å². The fourth-order valence-electron chi connectivity index (χ4n) is 2.61. The summed E-state index contributed by atoms with van der Waals surface area (Å²) in [4.78, 5) is 27.4. The molecule has 0 aromatic rings. The highest BCUT2D eigenvalue weighted by molar-refractivity contribution is 5.82. The van der Waals surface area contributed by atoms with E-state index in [0.717, 1.165) is 38.9 Å². The Balaban J connectivity index is 1.87. The lowest BCUT2D eigenvalue weighted by Crippen LogP contribution is -2.36. The number of carbonyl (C=O) groups excluding carboxylic acids is 2. The van der Waals surface area contributed by atoms with Crippen LogP contribution in [0.1, 0.15) is 32.6 Å². The van der Waals surface area contributed by atoms with Crippen molar-refractivity contribution >= 4 is 11.8 Å². The maximum absolute atomic E-state index is 12.1. The Kier molecular flexibility index (Phi) is 3.46. The molecule has 2 heterocycles. The summed E-state index contributed by atoms with van der Waals surface area (Å²) in [7, 11) is 0. The summed E-state index contributed by atoms with van der Waals surface area (Å²) in [6.07, 6.45) is 3.66. The summed E-state index contributed by atoms with van der Waals surface area (Å²) in [5, 5.41) is 0. The van der Waals surface area contributed by atoms with E-state index in [1.807, 2.05) is 16.7 Å². The SMILES string of the molecule is CCC(=O)N1CCC(C(=O)N2CCCC2)C1. The molecule has 2 aliphatic rings. The van der Waals surface area contributed by atoms with Crippen LogP contribution in [0.15, 0.2) is 0 Å². The van der Waals surface area contributed by atoms with E-state index >= 15 is 0 Å². The highest BCUT2D eigenvalue weighted by Crippen LogP contribution is 2.21. The minimum absolute atomic E-state index is 0.0635. The van der Waals surface area contributed by atoms with Gasteiger partial charge in [0.05, 0.1) is 5.92 Å². The zero-order chi connectivity index (χ0) is 11.5. The lowest BCUT2D eigenvalue weighted by Gasteiger charge is -2.20. The monoisotopic (exact) mass is 224 g/mol. The third-order valence-corrected chi connectivity index (χ3v) is 3.61. The Labute approximate surface area is 96.6 Å². The predicted octanol–water partition coefficient (Wildman–Crippen LogP) is 0.867. The van der Waals surface area contributed by atoms with Crippen molar-refractivity contribution in [3.05, 3.63) is 0 Å². The zero-order valence-electron chi connectivity index (χ0n) is 9.95. The number of carbonyl (C=O) groups is 2. The van der Waals surface area contributed by atoms with Crippen LogP contribution in [0.2, 0.25) is 0 Å². The molecule has 2 aliphatic heterocycles. The number of likely N-dealkylation sites (tertiary alicyclic amines) is 2. The standard InChI is InChI=1S/C12H20N2O2/c1-2-11(15)14-8-5-10(9-14)12(16)13-6-3-4-7-13/h10H,2-9H2,1H3. The summed E-state index contributed by atoms with van der Waals surface area (Å²) < 4.78 is 0. The molecule has 0 spiro atoms. The van der Waals surface area contributed by atoms with Crippen LogP contribution in [0, 0.1) is 5.92 Å². The average Bonchev–Trinajstić information content (AvgIpc) is 2.97. The molecule has 0 aromatic heterocycles.